The molecule has 1 saturated carbocycles. The van der Waals surface area contributed by atoms with E-state index in [4.69, 9.17) is 17.3 Å². The first-order valence-corrected chi connectivity index (χ1v) is 8.61. The number of hydrogen-bond donors (Lipinski definition) is 1. The Morgan fingerprint density at radius 2 is 1.82 bits per heavy atom. The predicted octanol–water partition coefficient (Wildman–Crippen LogP) is 3.63. The number of primary amides is 1. The van der Waals surface area contributed by atoms with Crippen molar-refractivity contribution in [1.82, 2.24) is 4.90 Å². The maximum atomic E-state index is 12.0. The first-order chi connectivity index (χ1) is 10.6. The number of nitrogens with zero attached hydrogens (tertiary/aromatic N) is 2. The number of carbonyl (C=O) groups excluding carboxylic acids is 1. The standard InChI is InChI=1S/C17H24ClN3O/c18-13-6-8-15(9-7-13)21(17(19)22)16-10-11-20(12-16)14-4-2-1-3-5-14/h6-9,14,16H,1-5,10-12H2,(H2,19,22). The van der Waals surface area contributed by atoms with Gasteiger partial charge in [0.1, 0.15) is 0 Å². The van der Waals surface area contributed by atoms with Crippen LogP contribution in [0.25, 0.3) is 0 Å². The lowest BCUT2D eigenvalue weighted by Crippen LogP contribution is -2.46. The summed E-state index contributed by atoms with van der Waals surface area (Å²) < 4.78 is 0. The van der Waals surface area contributed by atoms with Gasteiger partial charge in [0.25, 0.3) is 0 Å². The van der Waals surface area contributed by atoms with E-state index in [2.05, 4.69) is 4.90 Å². The molecule has 1 unspecified atom stereocenters. The average molecular weight is 322 g/mol. The third-order valence-corrected chi connectivity index (χ3v) is 5.25. The lowest BCUT2D eigenvalue weighted by atomic mass is 9.94. The van der Waals surface area contributed by atoms with Crippen molar-refractivity contribution >= 4 is 23.3 Å². The zero-order valence-electron chi connectivity index (χ0n) is 12.9. The van der Waals surface area contributed by atoms with Crippen LogP contribution in [-0.2, 0) is 0 Å². The maximum Gasteiger partial charge on any atom is 0.319 e. The van der Waals surface area contributed by atoms with E-state index < -0.39 is 0 Å². The summed E-state index contributed by atoms with van der Waals surface area (Å²) >= 11 is 5.94. The molecule has 0 radical (unpaired) electrons. The van der Waals surface area contributed by atoms with E-state index in [1.807, 2.05) is 12.1 Å². The van der Waals surface area contributed by atoms with Crippen molar-refractivity contribution in [2.45, 2.75) is 50.6 Å². The van der Waals surface area contributed by atoms with Gasteiger partial charge in [-0.1, -0.05) is 30.9 Å². The minimum absolute atomic E-state index is 0.167. The lowest BCUT2D eigenvalue weighted by Gasteiger charge is -2.32. The number of likely N-dealkylation sites (tertiary alicyclic amines) is 1. The van der Waals surface area contributed by atoms with E-state index in [0.29, 0.717) is 11.1 Å². The molecule has 22 heavy (non-hydrogen) atoms. The molecule has 2 N–H and O–H groups in total. The summed E-state index contributed by atoms with van der Waals surface area (Å²) in [7, 11) is 0. The fraction of sp³-hybridized carbons (Fsp3) is 0.588. The highest BCUT2D eigenvalue weighted by molar-refractivity contribution is 6.30. The van der Waals surface area contributed by atoms with Gasteiger partial charge >= 0.3 is 6.03 Å². The summed E-state index contributed by atoms with van der Waals surface area (Å²) in [6, 6.07) is 7.84. The summed E-state index contributed by atoms with van der Waals surface area (Å²) in [5, 5.41) is 0.670. The zero-order valence-corrected chi connectivity index (χ0v) is 13.6. The molecule has 2 aliphatic rings. The average Bonchev–Trinajstić information content (AvgIpc) is 2.99. The Balaban J connectivity index is 1.70. The smallest absolute Gasteiger partial charge is 0.319 e. The van der Waals surface area contributed by atoms with Gasteiger partial charge in [-0.3, -0.25) is 9.80 Å². The number of nitrogens with two attached hydrogens (primary N) is 1. The molecule has 0 aromatic heterocycles. The Morgan fingerprint density at radius 1 is 1.14 bits per heavy atom. The van der Waals surface area contributed by atoms with Crippen LogP contribution in [0.15, 0.2) is 24.3 Å². The van der Waals surface area contributed by atoms with Crippen molar-refractivity contribution in [3.63, 3.8) is 0 Å². The second-order valence-electron chi connectivity index (χ2n) is 6.41. The third-order valence-electron chi connectivity index (χ3n) is 4.99. The van der Waals surface area contributed by atoms with Crippen LogP contribution in [0.2, 0.25) is 5.02 Å². The number of urea groups is 1. The van der Waals surface area contributed by atoms with Gasteiger partial charge in [-0.05, 0) is 43.5 Å². The van der Waals surface area contributed by atoms with Crippen molar-refractivity contribution in [3.05, 3.63) is 29.3 Å². The minimum Gasteiger partial charge on any atom is -0.351 e. The SMILES string of the molecule is NC(=O)N(c1ccc(Cl)cc1)C1CCN(C2CCCCC2)C1. The second-order valence-corrected chi connectivity index (χ2v) is 6.85. The Morgan fingerprint density at radius 3 is 2.45 bits per heavy atom. The summed E-state index contributed by atoms with van der Waals surface area (Å²) in [6.07, 6.45) is 7.62. The number of anilines is 1. The molecule has 4 nitrogen and oxygen atoms in total. The van der Waals surface area contributed by atoms with Crippen molar-refractivity contribution in [2.24, 2.45) is 5.73 Å². The van der Waals surface area contributed by atoms with Gasteiger partial charge in [0, 0.05) is 29.8 Å². The van der Waals surface area contributed by atoms with Crippen molar-refractivity contribution in [1.29, 1.82) is 0 Å². The molecule has 2 fully saturated rings. The summed E-state index contributed by atoms with van der Waals surface area (Å²) in [4.78, 5) is 16.2. The molecule has 0 bridgehead atoms. The monoisotopic (exact) mass is 321 g/mol. The summed E-state index contributed by atoms with van der Waals surface area (Å²) in [5.74, 6) is 0. The van der Waals surface area contributed by atoms with Gasteiger partial charge < -0.3 is 5.73 Å². The van der Waals surface area contributed by atoms with Crippen LogP contribution in [-0.4, -0.2) is 36.1 Å². The van der Waals surface area contributed by atoms with Crippen LogP contribution in [0, 0.1) is 0 Å². The molecule has 1 saturated heterocycles. The van der Waals surface area contributed by atoms with Gasteiger partial charge in [0.2, 0.25) is 0 Å². The number of amides is 2. The highest BCUT2D eigenvalue weighted by atomic mass is 35.5. The molecule has 1 aromatic rings. The van der Waals surface area contributed by atoms with Gasteiger partial charge in [-0.25, -0.2) is 4.79 Å². The third kappa shape index (κ3) is 3.39. The predicted molar refractivity (Wildman–Crippen MR) is 90.4 cm³/mol. The van der Waals surface area contributed by atoms with Gasteiger partial charge in [0.15, 0.2) is 0 Å². The van der Waals surface area contributed by atoms with Gasteiger partial charge in [0.05, 0.1) is 6.04 Å². The van der Waals surface area contributed by atoms with Crippen LogP contribution in [0.3, 0.4) is 0 Å². The molecule has 5 heteroatoms. The Hall–Kier alpha value is -1.26. The molecule has 0 spiro atoms. The van der Waals surface area contributed by atoms with Crippen LogP contribution >= 0.6 is 11.6 Å². The van der Waals surface area contributed by atoms with E-state index in [9.17, 15) is 4.79 Å². The van der Waals surface area contributed by atoms with Crippen molar-refractivity contribution in [2.75, 3.05) is 18.0 Å². The molecule has 1 atom stereocenters. The van der Waals surface area contributed by atoms with Crippen LogP contribution < -0.4 is 10.6 Å². The van der Waals surface area contributed by atoms with Crippen LogP contribution in [0.1, 0.15) is 38.5 Å². The molecular formula is C17H24ClN3O. The minimum atomic E-state index is -0.377. The Kier molecular flexibility index (Phi) is 4.89. The number of rotatable bonds is 3. The van der Waals surface area contributed by atoms with E-state index in [0.717, 1.165) is 25.2 Å². The highest BCUT2D eigenvalue weighted by Crippen LogP contribution is 2.29. The molecule has 2 amide bonds. The number of benzene rings is 1. The first-order valence-electron chi connectivity index (χ1n) is 8.23. The maximum absolute atomic E-state index is 12.0. The number of halogens is 1. The van der Waals surface area contributed by atoms with E-state index in [1.165, 1.54) is 32.1 Å². The van der Waals surface area contributed by atoms with Crippen molar-refractivity contribution < 1.29 is 4.79 Å². The van der Waals surface area contributed by atoms with Crippen LogP contribution in [0.5, 0.6) is 0 Å². The van der Waals surface area contributed by atoms with E-state index in [-0.39, 0.29) is 12.1 Å². The molecule has 1 heterocycles. The Labute approximate surface area is 137 Å². The van der Waals surface area contributed by atoms with Gasteiger partial charge in [-0.2, -0.15) is 0 Å². The van der Waals surface area contributed by atoms with Gasteiger partial charge in [-0.15, -0.1) is 0 Å². The van der Waals surface area contributed by atoms with Crippen molar-refractivity contribution in [3.8, 4) is 0 Å². The molecule has 120 valence electrons. The molecule has 1 aliphatic carbocycles. The normalized spacial score (nSPS) is 23.6. The second kappa shape index (κ2) is 6.88. The first kappa shape index (κ1) is 15.6. The number of carbonyl (C=O) groups is 1. The summed E-state index contributed by atoms with van der Waals surface area (Å²) in [6.45, 7) is 1.99. The fourth-order valence-electron chi connectivity index (χ4n) is 3.88. The van der Waals surface area contributed by atoms with E-state index >= 15 is 0 Å². The zero-order chi connectivity index (χ0) is 15.5. The molecule has 1 aliphatic heterocycles. The molecular weight excluding hydrogens is 298 g/mol. The largest absolute Gasteiger partial charge is 0.351 e. The van der Waals surface area contributed by atoms with E-state index in [1.54, 1.807) is 17.0 Å². The fourth-order valence-corrected chi connectivity index (χ4v) is 4.00. The summed E-state index contributed by atoms with van der Waals surface area (Å²) in [5.41, 5.74) is 6.49. The molecule has 3 rings (SSSR count). The van der Waals surface area contributed by atoms with Crippen LogP contribution in [0.4, 0.5) is 10.5 Å². The number of hydrogen-bond acceptors (Lipinski definition) is 2. The topological polar surface area (TPSA) is 49.6 Å². The molecule has 1 aromatic carbocycles. The lowest BCUT2D eigenvalue weighted by molar-refractivity contribution is 0.188. The quantitative estimate of drug-likeness (QED) is 0.924. The Bertz CT molecular complexity index is 513. The highest BCUT2D eigenvalue weighted by Gasteiger charge is 2.34.